The van der Waals surface area contributed by atoms with Gasteiger partial charge in [-0.05, 0) is 66.2 Å². The molecule has 0 saturated heterocycles. The molecule has 146 valence electrons. The van der Waals surface area contributed by atoms with E-state index in [1.54, 1.807) is 26.0 Å². The first-order valence-corrected chi connectivity index (χ1v) is 10.2. The van der Waals surface area contributed by atoms with Gasteiger partial charge in [-0.15, -0.1) is 0 Å². The summed E-state index contributed by atoms with van der Waals surface area (Å²) in [6.07, 6.45) is 3.62. The fraction of sp³-hybridized carbons (Fsp3) is 0.130. The van der Waals surface area contributed by atoms with Crippen LogP contribution in [0.3, 0.4) is 0 Å². The number of thioether (sulfide) groups is 1. The highest BCUT2D eigenvalue weighted by Crippen LogP contribution is 2.34. The van der Waals surface area contributed by atoms with Crippen molar-refractivity contribution in [2.75, 3.05) is 14.2 Å². The summed E-state index contributed by atoms with van der Waals surface area (Å²) in [6.45, 7) is 0. The Labute approximate surface area is 174 Å². The maximum Gasteiger partial charge on any atom is 0.166 e. The molecule has 0 saturated carbocycles. The Morgan fingerprint density at radius 3 is 1.97 bits per heavy atom. The van der Waals surface area contributed by atoms with Crippen LogP contribution in [-0.2, 0) is 5.75 Å². The molecule has 0 radical (unpaired) electrons. The monoisotopic (exact) mass is 403 g/mol. The lowest BCUT2D eigenvalue weighted by molar-refractivity contribution is 0.414. The normalized spacial score (nSPS) is 10.7. The molecule has 5 nitrogen and oxygen atoms in total. The standard InChI is InChI=1S/C23H21N3O2S/c1-27-19-7-3-17(4-8-19)21-22(18-5-9-20(28-2)10-6-18)26-23(25-21)29-15-16-11-13-24-14-12-16/h3-14H,15H2,1-2H3,(H,25,26). The Balaban J connectivity index is 1.68. The summed E-state index contributed by atoms with van der Waals surface area (Å²) < 4.78 is 10.6. The lowest BCUT2D eigenvalue weighted by Crippen LogP contribution is -1.87. The number of nitrogens with zero attached hydrogens (tertiary/aromatic N) is 2. The molecular weight excluding hydrogens is 382 g/mol. The number of aromatic amines is 1. The molecule has 29 heavy (non-hydrogen) atoms. The van der Waals surface area contributed by atoms with E-state index < -0.39 is 0 Å². The number of rotatable bonds is 7. The second-order valence-corrected chi connectivity index (χ2v) is 7.33. The van der Waals surface area contributed by atoms with E-state index in [0.717, 1.165) is 44.9 Å². The third-order valence-corrected chi connectivity index (χ3v) is 5.49. The van der Waals surface area contributed by atoms with Crippen LogP contribution in [-0.4, -0.2) is 29.2 Å². The van der Waals surface area contributed by atoms with E-state index in [4.69, 9.17) is 14.5 Å². The Morgan fingerprint density at radius 2 is 1.38 bits per heavy atom. The van der Waals surface area contributed by atoms with E-state index >= 15 is 0 Å². The fourth-order valence-corrected chi connectivity index (χ4v) is 3.80. The zero-order valence-corrected chi connectivity index (χ0v) is 17.1. The summed E-state index contributed by atoms with van der Waals surface area (Å²) >= 11 is 1.67. The van der Waals surface area contributed by atoms with E-state index in [-0.39, 0.29) is 0 Å². The maximum absolute atomic E-state index is 5.29. The van der Waals surface area contributed by atoms with Gasteiger partial charge in [-0.1, -0.05) is 11.8 Å². The number of hydrogen-bond donors (Lipinski definition) is 1. The molecule has 0 amide bonds. The van der Waals surface area contributed by atoms with Crippen molar-refractivity contribution in [1.29, 1.82) is 0 Å². The molecule has 0 fully saturated rings. The number of pyridine rings is 1. The number of ether oxygens (including phenoxy) is 2. The average Bonchev–Trinajstić information content (AvgIpc) is 3.23. The summed E-state index contributed by atoms with van der Waals surface area (Å²) in [4.78, 5) is 12.5. The van der Waals surface area contributed by atoms with Crippen molar-refractivity contribution in [1.82, 2.24) is 15.0 Å². The Bertz CT molecular complexity index is 997. The van der Waals surface area contributed by atoms with Gasteiger partial charge in [0, 0.05) is 29.3 Å². The first-order valence-electron chi connectivity index (χ1n) is 9.17. The minimum Gasteiger partial charge on any atom is -0.497 e. The van der Waals surface area contributed by atoms with Crippen LogP contribution in [0.1, 0.15) is 5.56 Å². The predicted octanol–water partition coefficient (Wildman–Crippen LogP) is 5.45. The molecule has 0 bridgehead atoms. The van der Waals surface area contributed by atoms with Gasteiger partial charge in [0.15, 0.2) is 5.16 Å². The van der Waals surface area contributed by atoms with Crippen molar-refractivity contribution in [3.8, 4) is 34.0 Å². The number of imidazole rings is 1. The highest BCUT2D eigenvalue weighted by Gasteiger charge is 2.15. The molecule has 0 aliphatic rings. The van der Waals surface area contributed by atoms with Crippen LogP contribution in [0.2, 0.25) is 0 Å². The van der Waals surface area contributed by atoms with E-state index in [0.29, 0.717) is 0 Å². The van der Waals surface area contributed by atoms with E-state index in [9.17, 15) is 0 Å². The second-order valence-electron chi connectivity index (χ2n) is 6.37. The quantitative estimate of drug-likeness (QED) is 0.416. The first-order chi connectivity index (χ1) is 14.3. The Kier molecular flexibility index (Phi) is 5.81. The molecule has 2 aromatic carbocycles. The molecule has 0 spiro atoms. The van der Waals surface area contributed by atoms with Crippen LogP contribution < -0.4 is 9.47 Å². The highest BCUT2D eigenvalue weighted by molar-refractivity contribution is 7.98. The summed E-state index contributed by atoms with van der Waals surface area (Å²) in [7, 11) is 3.34. The Morgan fingerprint density at radius 1 is 0.793 bits per heavy atom. The summed E-state index contributed by atoms with van der Waals surface area (Å²) in [5, 5.41) is 0.874. The fourth-order valence-electron chi connectivity index (χ4n) is 2.97. The van der Waals surface area contributed by atoms with Gasteiger partial charge in [0.2, 0.25) is 0 Å². The van der Waals surface area contributed by atoms with E-state index in [1.165, 1.54) is 5.56 Å². The van der Waals surface area contributed by atoms with Gasteiger partial charge >= 0.3 is 0 Å². The zero-order valence-electron chi connectivity index (χ0n) is 16.3. The number of hydrogen-bond acceptors (Lipinski definition) is 5. The largest absolute Gasteiger partial charge is 0.497 e. The van der Waals surface area contributed by atoms with Gasteiger partial charge in [-0.3, -0.25) is 4.98 Å². The zero-order chi connectivity index (χ0) is 20.1. The van der Waals surface area contributed by atoms with Gasteiger partial charge in [0.05, 0.1) is 25.6 Å². The van der Waals surface area contributed by atoms with Crippen LogP contribution in [0.25, 0.3) is 22.5 Å². The Hall–Kier alpha value is -3.25. The van der Waals surface area contributed by atoms with Crippen molar-refractivity contribution < 1.29 is 9.47 Å². The molecule has 0 atom stereocenters. The van der Waals surface area contributed by atoms with Crippen LogP contribution in [0.4, 0.5) is 0 Å². The molecule has 2 aromatic heterocycles. The average molecular weight is 404 g/mol. The maximum atomic E-state index is 5.29. The van der Waals surface area contributed by atoms with Crippen LogP contribution in [0, 0.1) is 0 Å². The van der Waals surface area contributed by atoms with Crippen molar-refractivity contribution in [3.63, 3.8) is 0 Å². The van der Waals surface area contributed by atoms with E-state index in [2.05, 4.69) is 9.97 Å². The summed E-state index contributed by atoms with van der Waals surface area (Å²) in [5.41, 5.74) is 5.19. The molecule has 6 heteroatoms. The SMILES string of the molecule is COc1ccc(-c2nc(SCc3ccncc3)[nH]c2-c2ccc(OC)cc2)cc1. The third-order valence-electron chi connectivity index (χ3n) is 4.55. The van der Waals surface area contributed by atoms with Gasteiger partial charge in [-0.2, -0.15) is 0 Å². The molecular formula is C23H21N3O2S. The summed E-state index contributed by atoms with van der Waals surface area (Å²) in [6, 6.07) is 20.0. The minimum absolute atomic E-state index is 0.820. The molecule has 2 heterocycles. The smallest absolute Gasteiger partial charge is 0.166 e. The number of aromatic nitrogens is 3. The highest BCUT2D eigenvalue weighted by atomic mass is 32.2. The van der Waals surface area contributed by atoms with Gasteiger partial charge in [-0.25, -0.2) is 4.98 Å². The van der Waals surface area contributed by atoms with Crippen LogP contribution in [0.15, 0.2) is 78.2 Å². The minimum atomic E-state index is 0.820. The van der Waals surface area contributed by atoms with Crippen molar-refractivity contribution in [3.05, 3.63) is 78.6 Å². The van der Waals surface area contributed by atoms with Gasteiger partial charge in [0.1, 0.15) is 11.5 Å². The summed E-state index contributed by atoms with van der Waals surface area (Å²) in [5.74, 6) is 2.47. The van der Waals surface area contributed by atoms with Crippen molar-refractivity contribution >= 4 is 11.8 Å². The lowest BCUT2D eigenvalue weighted by atomic mass is 10.0. The van der Waals surface area contributed by atoms with Crippen LogP contribution in [0.5, 0.6) is 11.5 Å². The number of benzene rings is 2. The molecule has 0 aliphatic heterocycles. The topological polar surface area (TPSA) is 60.0 Å². The van der Waals surface area contributed by atoms with Gasteiger partial charge < -0.3 is 14.5 Å². The molecule has 0 aliphatic carbocycles. The first kappa shape index (κ1) is 19.1. The number of nitrogens with one attached hydrogen (secondary N) is 1. The second kappa shape index (κ2) is 8.84. The lowest BCUT2D eigenvalue weighted by Gasteiger charge is -2.06. The predicted molar refractivity (Wildman–Crippen MR) is 116 cm³/mol. The van der Waals surface area contributed by atoms with Crippen molar-refractivity contribution in [2.24, 2.45) is 0 Å². The molecule has 4 rings (SSSR count). The molecule has 1 N–H and O–H groups in total. The van der Waals surface area contributed by atoms with Crippen molar-refractivity contribution in [2.45, 2.75) is 10.9 Å². The van der Waals surface area contributed by atoms with E-state index in [1.807, 2.05) is 73.1 Å². The molecule has 0 unspecified atom stereocenters. The number of methoxy groups -OCH3 is 2. The molecule has 4 aromatic rings. The van der Waals surface area contributed by atoms with Crippen LogP contribution >= 0.6 is 11.8 Å². The van der Waals surface area contributed by atoms with Gasteiger partial charge in [0.25, 0.3) is 0 Å². The third kappa shape index (κ3) is 4.43. The number of H-pyrrole nitrogens is 1.